The molecule has 1 aromatic heterocycles. The molecule has 2 atom stereocenters. The number of aliphatic carboxylic acids is 1. The number of nitrogens with zero attached hydrogens (tertiary/aromatic N) is 2. The zero-order valence-electron chi connectivity index (χ0n) is 13.9. The highest BCUT2D eigenvalue weighted by molar-refractivity contribution is 5.80. The van der Waals surface area contributed by atoms with Crippen LogP contribution >= 0.6 is 0 Å². The monoisotopic (exact) mass is 331 g/mol. The van der Waals surface area contributed by atoms with Crippen molar-refractivity contribution < 1.29 is 14.7 Å². The van der Waals surface area contributed by atoms with Crippen LogP contribution in [0.5, 0.6) is 0 Å². The van der Waals surface area contributed by atoms with E-state index in [2.05, 4.69) is 15.2 Å². The fourth-order valence-corrected chi connectivity index (χ4v) is 3.91. The number of nitrogens with one attached hydrogen (secondary N) is 1. The minimum absolute atomic E-state index is 0.0483. The van der Waals surface area contributed by atoms with Gasteiger partial charge in [-0.15, -0.1) is 0 Å². The molecule has 2 heterocycles. The molecule has 1 aromatic rings. The Morgan fingerprint density at radius 2 is 2.00 bits per heavy atom. The van der Waals surface area contributed by atoms with Gasteiger partial charge in [0.1, 0.15) is 0 Å². The number of likely N-dealkylation sites (tertiary alicyclic amines) is 1. The summed E-state index contributed by atoms with van der Waals surface area (Å²) >= 11 is 0. The Morgan fingerprint density at radius 3 is 2.67 bits per heavy atom. The zero-order valence-corrected chi connectivity index (χ0v) is 13.9. The van der Waals surface area contributed by atoms with Crippen LogP contribution in [-0.4, -0.2) is 46.0 Å². The first-order valence-corrected chi connectivity index (χ1v) is 8.77. The number of carbonyl (C=O) groups is 2. The molecule has 1 aliphatic carbocycles. The number of rotatable bonds is 5. The van der Waals surface area contributed by atoms with Crippen molar-refractivity contribution in [2.75, 3.05) is 13.1 Å². The summed E-state index contributed by atoms with van der Waals surface area (Å²) in [6, 6.07) is 4.20. The largest absolute Gasteiger partial charge is 0.481 e. The van der Waals surface area contributed by atoms with Crippen LogP contribution in [0.25, 0.3) is 0 Å². The van der Waals surface area contributed by atoms with Crippen LogP contribution in [0.2, 0.25) is 0 Å². The van der Waals surface area contributed by atoms with Gasteiger partial charge >= 0.3 is 5.97 Å². The van der Waals surface area contributed by atoms with E-state index in [0.29, 0.717) is 32.1 Å². The predicted molar refractivity (Wildman–Crippen MR) is 89.1 cm³/mol. The van der Waals surface area contributed by atoms with Gasteiger partial charge < -0.3 is 10.4 Å². The van der Waals surface area contributed by atoms with E-state index >= 15 is 0 Å². The Hall–Kier alpha value is -1.95. The first-order chi connectivity index (χ1) is 11.6. The summed E-state index contributed by atoms with van der Waals surface area (Å²) in [7, 11) is 0. The van der Waals surface area contributed by atoms with Gasteiger partial charge in [0.25, 0.3) is 0 Å². The van der Waals surface area contributed by atoms with Crippen LogP contribution < -0.4 is 5.32 Å². The van der Waals surface area contributed by atoms with Crippen molar-refractivity contribution in [3.8, 4) is 0 Å². The molecule has 2 N–H and O–H groups in total. The lowest BCUT2D eigenvalue weighted by atomic mass is 9.87. The SMILES string of the molecule is O=C(O)[C@@H]1C[C@@H](C(=O)NCc2cccnc2)CN(C2CCCC2)C1. The van der Waals surface area contributed by atoms with E-state index in [9.17, 15) is 14.7 Å². The average molecular weight is 331 g/mol. The van der Waals surface area contributed by atoms with Gasteiger partial charge in [-0.25, -0.2) is 0 Å². The predicted octanol–water partition coefficient (Wildman–Crippen LogP) is 1.66. The number of pyridine rings is 1. The molecule has 2 fully saturated rings. The quantitative estimate of drug-likeness (QED) is 0.857. The fraction of sp³-hybridized carbons (Fsp3) is 0.611. The molecule has 6 nitrogen and oxygen atoms in total. The summed E-state index contributed by atoms with van der Waals surface area (Å²) in [4.78, 5) is 30.3. The molecule has 6 heteroatoms. The van der Waals surface area contributed by atoms with Crippen molar-refractivity contribution in [3.63, 3.8) is 0 Å². The van der Waals surface area contributed by atoms with Crippen LogP contribution in [0.15, 0.2) is 24.5 Å². The molecule has 1 saturated heterocycles. The third kappa shape index (κ3) is 4.12. The molecule has 1 saturated carbocycles. The molecule has 0 unspecified atom stereocenters. The van der Waals surface area contributed by atoms with Gasteiger partial charge in [-0.3, -0.25) is 19.5 Å². The summed E-state index contributed by atoms with van der Waals surface area (Å²) in [5.41, 5.74) is 0.948. The minimum Gasteiger partial charge on any atom is -0.481 e. The fourth-order valence-electron chi connectivity index (χ4n) is 3.91. The van der Waals surface area contributed by atoms with E-state index in [4.69, 9.17) is 0 Å². The lowest BCUT2D eigenvalue weighted by Crippen LogP contribution is -2.51. The van der Waals surface area contributed by atoms with Gasteiger partial charge in [0, 0.05) is 38.1 Å². The molecular weight excluding hydrogens is 306 g/mol. The molecule has 0 bridgehead atoms. The zero-order chi connectivity index (χ0) is 16.9. The van der Waals surface area contributed by atoms with Gasteiger partial charge in [-0.05, 0) is 30.9 Å². The van der Waals surface area contributed by atoms with E-state index in [1.807, 2.05) is 12.1 Å². The first-order valence-electron chi connectivity index (χ1n) is 8.77. The van der Waals surface area contributed by atoms with Crippen LogP contribution in [0.1, 0.15) is 37.7 Å². The third-order valence-electron chi connectivity index (χ3n) is 5.23. The lowest BCUT2D eigenvalue weighted by molar-refractivity contribution is -0.146. The van der Waals surface area contributed by atoms with Crippen molar-refractivity contribution in [1.29, 1.82) is 0 Å². The normalized spacial score (nSPS) is 25.5. The Kier molecular flexibility index (Phi) is 5.45. The molecule has 3 rings (SSSR count). The summed E-state index contributed by atoms with van der Waals surface area (Å²) in [6.07, 6.45) is 8.51. The number of piperidine rings is 1. The van der Waals surface area contributed by atoms with E-state index in [-0.39, 0.29) is 11.8 Å². The lowest BCUT2D eigenvalue weighted by Gasteiger charge is -2.39. The van der Waals surface area contributed by atoms with Gasteiger partial charge in [-0.2, -0.15) is 0 Å². The van der Waals surface area contributed by atoms with Crippen LogP contribution in [-0.2, 0) is 16.1 Å². The molecule has 1 amide bonds. The first kappa shape index (κ1) is 16.9. The highest BCUT2D eigenvalue weighted by Gasteiger charge is 2.38. The maximum Gasteiger partial charge on any atom is 0.307 e. The van der Waals surface area contributed by atoms with Gasteiger partial charge in [0.2, 0.25) is 5.91 Å². The molecule has 130 valence electrons. The second-order valence-electron chi connectivity index (χ2n) is 6.94. The number of carboxylic acid groups (broad SMARTS) is 1. The third-order valence-corrected chi connectivity index (χ3v) is 5.23. The van der Waals surface area contributed by atoms with E-state index < -0.39 is 11.9 Å². The summed E-state index contributed by atoms with van der Waals surface area (Å²) in [6.45, 7) is 1.68. The smallest absolute Gasteiger partial charge is 0.307 e. The second-order valence-corrected chi connectivity index (χ2v) is 6.94. The molecule has 24 heavy (non-hydrogen) atoms. The molecule has 0 aromatic carbocycles. The van der Waals surface area contributed by atoms with Crippen molar-refractivity contribution in [2.45, 2.75) is 44.7 Å². The topological polar surface area (TPSA) is 82.5 Å². The number of hydrogen-bond donors (Lipinski definition) is 2. The van der Waals surface area contributed by atoms with Crippen LogP contribution in [0.3, 0.4) is 0 Å². The number of aromatic nitrogens is 1. The maximum atomic E-state index is 12.5. The van der Waals surface area contributed by atoms with Crippen LogP contribution in [0, 0.1) is 11.8 Å². The number of amides is 1. The molecule has 0 spiro atoms. The maximum absolute atomic E-state index is 12.5. The molecule has 0 radical (unpaired) electrons. The standard InChI is InChI=1S/C18H25N3O3/c22-17(20-10-13-4-3-7-19-9-13)14-8-15(18(23)24)12-21(11-14)16-5-1-2-6-16/h3-4,7,9,14-16H,1-2,5-6,8,10-12H2,(H,20,22)(H,23,24)/t14-,15-/m1/s1. The Balaban J connectivity index is 1.61. The summed E-state index contributed by atoms with van der Waals surface area (Å²) in [5, 5.41) is 12.4. The second kappa shape index (κ2) is 7.75. The van der Waals surface area contributed by atoms with Crippen molar-refractivity contribution in [1.82, 2.24) is 15.2 Å². The molecule has 1 aliphatic heterocycles. The van der Waals surface area contributed by atoms with E-state index in [0.717, 1.165) is 18.4 Å². The molecule has 2 aliphatic rings. The van der Waals surface area contributed by atoms with E-state index in [1.54, 1.807) is 12.4 Å². The highest BCUT2D eigenvalue weighted by Crippen LogP contribution is 2.30. The number of hydrogen-bond acceptors (Lipinski definition) is 4. The van der Waals surface area contributed by atoms with Crippen molar-refractivity contribution >= 4 is 11.9 Å². The van der Waals surface area contributed by atoms with Crippen molar-refractivity contribution in [3.05, 3.63) is 30.1 Å². The van der Waals surface area contributed by atoms with E-state index in [1.165, 1.54) is 12.8 Å². The average Bonchev–Trinajstić information content (AvgIpc) is 3.15. The van der Waals surface area contributed by atoms with Crippen LogP contribution in [0.4, 0.5) is 0 Å². The van der Waals surface area contributed by atoms with Gasteiger partial charge in [0.15, 0.2) is 0 Å². The highest BCUT2D eigenvalue weighted by atomic mass is 16.4. The minimum atomic E-state index is -0.789. The number of carboxylic acids is 1. The summed E-state index contributed by atoms with van der Waals surface area (Å²) < 4.78 is 0. The van der Waals surface area contributed by atoms with Gasteiger partial charge in [0.05, 0.1) is 11.8 Å². The number of carbonyl (C=O) groups excluding carboxylic acids is 1. The van der Waals surface area contributed by atoms with Crippen molar-refractivity contribution in [2.24, 2.45) is 11.8 Å². The van der Waals surface area contributed by atoms with Gasteiger partial charge in [-0.1, -0.05) is 18.9 Å². The summed E-state index contributed by atoms with van der Waals surface area (Å²) in [5.74, 6) is -1.54. The Morgan fingerprint density at radius 1 is 1.25 bits per heavy atom. The Labute approximate surface area is 142 Å². The Bertz CT molecular complexity index is 572. The molecular formula is C18H25N3O3.